The van der Waals surface area contributed by atoms with Crippen molar-refractivity contribution in [2.75, 3.05) is 5.73 Å². The zero-order valence-corrected chi connectivity index (χ0v) is 8.40. The summed E-state index contributed by atoms with van der Waals surface area (Å²) in [6, 6.07) is 0. The summed E-state index contributed by atoms with van der Waals surface area (Å²) < 4.78 is 5.00. The van der Waals surface area contributed by atoms with Gasteiger partial charge in [0.1, 0.15) is 5.69 Å². The summed E-state index contributed by atoms with van der Waals surface area (Å²) in [5, 5.41) is 9.98. The highest BCUT2D eigenvalue weighted by molar-refractivity contribution is 5.51. The van der Waals surface area contributed by atoms with Crippen LogP contribution in [0.25, 0.3) is 23.2 Å². The van der Waals surface area contributed by atoms with Gasteiger partial charge in [-0.2, -0.15) is 9.97 Å². The molecule has 3 N–H and O–H groups in total. The lowest BCUT2D eigenvalue weighted by molar-refractivity contribution is 0.429. The molecule has 9 heteroatoms. The monoisotopic (exact) mass is 230 g/mol. The average molecular weight is 230 g/mol. The molecule has 0 radical (unpaired) electrons. The van der Waals surface area contributed by atoms with Crippen LogP contribution in [-0.4, -0.2) is 35.3 Å². The standard InChI is InChI=1S/C8H6N8O/c9-8-13-6(14-15-8)7-12-5(16-17-7)4-3-10-1-2-11-4/h1-3H,(H3,9,13,14,15). The summed E-state index contributed by atoms with van der Waals surface area (Å²) in [7, 11) is 0. The highest BCUT2D eigenvalue weighted by Crippen LogP contribution is 2.17. The summed E-state index contributed by atoms with van der Waals surface area (Å²) in [4.78, 5) is 15.9. The topological polar surface area (TPSA) is 132 Å². The first-order valence-electron chi connectivity index (χ1n) is 4.61. The van der Waals surface area contributed by atoms with Crippen LogP contribution in [0.3, 0.4) is 0 Å². The molecule has 84 valence electrons. The van der Waals surface area contributed by atoms with Gasteiger partial charge >= 0.3 is 0 Å². The van der Waals surface area contributed by atoms with Gasteiger partial charge < -0.3 is 10.3 Å². The lowest BCUT2D eigenvalue weighted by atomic mass is 10.4. The Balaban J connectivity index is 1.99. The quantitative estimate of drug-likeness (QED) is 0.623. The molecule has 9 nitrogen and oxygen atoms in total. The van der Waals surface area contributed by atoms with Gasteiger partial charge in [0, 0.05) is 12.4 Å². The predicted molar refractivity (Wildman–Crippen MR) is 55.1 cm³/mol. The fourth-order valence-corrected chi connectivity index (χ4v) is 1.21. The molecular weight excluding hydrogens is 224 g/mol. The number of anilines is 1. The molecule has 0 spiro atoms. The maximum Gasteiger partial charge on any atom is 0.295 e. The average Bonchev–Trinajstić information content (AvgIpc) is 2.98. The summed E-state index contributed by atoms with van der Waals surface area (Å²) >= 11 is 0. The number of nitrogens with zero attached hydrogens (tertiary/aromatic N) is 6. The second kappa shape index (κ2) is 3.63. The minimum atomic E-state index is 0.110. The van der Waals surface area contributed by atoms with E-state index in [0.717, 1.165) is 0 Å². The van der Waals surface area contributed by atoms with E-state index in [0.29, 0.717) is 17.3 Å². The normalized spacial score (nSPS) is 10.6. The number of H-pyrrole nitrogens is 1. The molecule has 0 aromatic carbocycles. The molecular formula is C8H6N8O. The molecule has 0 amide bonds. The molecule has 3 aromatic heterocycles. The zero-order valence-electron chi connectivity index (χ0n) is 8.40. The first-order chi connectivity index (χ1) is 8.33. The molecule has 0 bridgehead atoms. The Morgan fingerprint density at radius 1 is 1.24 bits per heavy atom. The van der Waals surface area contributed by atoms with Gasteiger partial charge in [0.25, 0.3) is 5.89 Å². The minimum absolute atomic E-state index is 0.110. The van der Waals surface area contributed by atoms with Crippen LogP contribution in [0.2, 0.25) is 0 Å². The first-order valence-corrected chi connectivity index (χ1v) is 4.61. The third-order valence-corrected chi connectivity index (χ3v) is 1.92. The number of nitrogens with two attached hydrogens (primary N) is 1. The predicted octanol–water partition coefficient (Wildman–Crippen LogP) is -0.106. The van der Waals surface area contributed by atoms with Crippen LogP contribution in [0.4, 0.5) is 5.95 Å². The summed E-state index contributed by atoms with van der Waals surface area (Å²) in [6.45, 7) is 0. The second-order valence-electron chi connectivity index (χ2n) is 3.06. The molecule has 0 unspecified atom stereocenters. The number of hydrogen-bond acceptors (Lipinski definition) is 8. The van der Waals surface area contributed by atoms with Crippen LogP contribution < -0.4 is 5.73 Å². The number of aromatic amines is 1. The molecule has 0 fully saturated rings. The van der Waals surface area contributed by atoms with Crippen molar-refractivity contribution < 1.29 is 4.52 Å². The van der Waals surface area contributed by atoms with E-state index in [1.54, 1.807) is 6.20 Å². The van der Waals surface area contributed by atoms with E-state index in [1.807, 2.05) is 0 Å². The highest BCUT2D eigenvalue weighted by Gasteiger charge is 2.14. The van der Waals surface area contributed by atoms with Crippen molar-refractivity contribution >= 4 is 5.95 Å². The van der Waals surface area contributed by atoms with E-state index in [1.165, 1.54) is 12.4 Å². The lowest BCUT2D eigenvalue weighted by Crippen LogP contribution is -1.87. The number of nitrogen functional groups attached to an aromatic ring is 1. The first kappa shape index (κ1) is 9.39. The Morgan fingerprint density at radius 3 is 2.88 bits per heavy atom. The lowest BCUT2D eigenvalue weighted by Gasteiger charge is -1.88. The molecule has 3 aromatic rings. The number of aromatic nitrogens is 7. The van der Waals surface area contributed by atoms with Crippen molar-refractivity contribution in [2.24, 2.45) is 0 Å². The van der Waals surface area contributed by atoms with Crippen LogP contribution in [0.1, 0.15) is 0 Å². The SMILES string of the molecule is Nc1n[nH]c(-c2nc(-c3cnccn3)no2)n1. The van der Waals surface area contributed by atoms with Crippen molar-refractivity contribution in [1.29, 1.82) is 0 Å². The maximum atomic E-state index is 5.37. The van der Waals surface area contributed by atoms with Crippen molar-refractivity contribution in [2.45, 2.75) is 0 Å². The van der Waals surface area contributed by atoms with E-state index in [9.17, 15) is 0 Å². The molecule has 0 aliphatic rings. The maximum absolute atomic E-state index is 5.37. The van der Waals surface area contributed by atoms with E-state index < -0.39 is 0 Å². The Kier molecular flexibility index (Phi) is 2.00. The summed E-state index contributed by atoms with van der Waals surface area (Å²) in [6.07, 6.45) is 4.63. The van der Waals surface area contributed by atoms with Gasteiger partial charge in [0.2, 0.25) is 17.6 Å². The van der Waals surface area contributed by atoms with Crippen molar-refractivity contribution in [3.63, 3.8) is 0 Å². The summed E-state index contributed by atoms with van der Waals surface area (Å²) in [5.41, 5.74) is 5.88. The number of rotatable bonds is 2. The van der Waals surface area contributed by atoms with Gasteiger partial charge in [-0.3, -0.25) is 10.1 Å². The summed E-state index contributed by atoms with van der Waals surface area (Å²) in [5.74, 6) is 0.933. The zero-order chi connectivity index (χ0) is 11.7. The molecule has 0 saturated heterocycles. The van der Waals surface area contributed by atoms with E-state index in [-0.39, 0.29) is 11.8 Å². The molecule has 3 heterocycles. The van der Waals surface area contributed by atoms with Gasteiger partial charge in [-0.1, -0.05) is 5.16 Å². The van der Waals surface area contributed by atoms with Crippen LogP contribution in [0.15, 0.2) is 23.1 Å². The van der Waals surface area contributed by atoms with Crippen LogP contribution in [-0.2, 0) is 0 Å². The van der Waals surface area contributed by atoms with E-state index >= 15 is 0 Å². The van der Waals surface area contributed by atoms with E-state index in [2.05, 4.69) is 35.3 Å². The Morgan fingerprint density at radius 2 is 2.18 bits per heavy atom. The van der Waals surface area contributed by atoms with Crippen LogP contribution in [0.5, 0.6) is 0 Å². The van der Waals surface area contributed by atoms with Gasteiger partial charge in [-0.15, -0.1) is 5.10 Å². The second-order valence-corrected chi connectivity index (χ2v) is 3.06. The number of hydrogen-bond donors (Lipinski definition) is 2. The van der Waals surface area contributed by atoms with Gasteiger partial charge in [-0.05, 0) is 0 Å². The fraction of sp³-hybridized carbons (Fsp3) is 0. The van der Waals surface area contributed by atoms with Crippen molar-refractivity contribution in [1.82, 2.24) is 35.3 Å². The highest BCUT2D eigenvalue weighted by atomic mass is 16.5. The molecule has 0 aliphatic carbocycles. The molecule has 0 aliphatic heterocycles. The smallest absolute Gasteiger partial charge is 0.295 e. The van der Waals surface area contributed by atoms with Crippen molar-refractivity contribution in [3.05, 3.63) is 18.6 Å². The Bertz CT molecular complexity index is 630. The van der Waals surface area contributed by atoms with Gasteiger partial charge in [0.05, 0.1) is 6.20 Å². The molecule has 0 saturated carbocycles. The van der Waals surface area contributed by atoms with E-state index in [4.69, 9.17) is 10.3 Å². The minimum Gasteiger partial charge on any atom is -0.366 e. The Labute approximate surface area is 94.1 Å². The number of nitrogens with one attached hydrogen (secondary N) is 1. The largest absolute Gasteiger partial charge is 0.366 e. The molecule has 3 rings (SSSR count). The molecule has 17 heavy (non-hydrogen) atoms. The third-order valence-electron chi connectivity index (χ3n) is 1.92. The van der Waals surface area contributed by atoms with Crippen molar-refractivity contribution in [3.8, 4) is 23.2 Å². The molecule has 0 atom stereocenters. The third kappa shape index (κ3) is 1.69. The Hall–Kier alpha value is -2.84. The van der Waals surface area contributed by atoms with Gasteiger partial charge in [0.15, 0.2) is 0 Å². The van der Waals surface area contributed by atoms with Gasteiger partial charge in [-0.25, -0.2) is 4.98 Å². The van der Waals surface area contributed by atoms with Crippen LogP contribution >= 0.6 is 0 Å². The fourth-order valence-electron chi connectivity index (χ4n) is 1.21. The van der Waals surface area contributed by atoms with Crippen LogP contribution in [0, 0.1) is 0 Å².